The van der Waals surface area contributed by atoms with Crippen molar-refractivity contribution in [3.63, 3.8) is 0 Å². The van der Waals surface area contributed by atoms with Gasteiger partial charge in [-0.2, -0.15) is 0 Å². The number of carbonyl (C=O) groups excluding carboxylic acids is 1. The average Bonchev–Trinajstić information content (AvgIpc) is 3.27. The van der Waals surface area contributed by atoms with Gasteiger partial charge in [0.1, 0.15) is 5.56 Å². The molecule has 2 aromatic carbocycles. The second kappa shape index (κ2) is 7.63. The summed E-state index contributed by atoms with van der Waals surface area (Å²) in [6.07, 6.45) is 5.28. The van der Waals surface area contributed by atoms with E-state index in [1.165, 1.54) is 13.2 Å². The Labute approximate surface area is 166 Å². The van der Waals surface area contributed by atoms with E-state index in [-0.39, 0.29) is 11.6 Å². The molecule has 0 aliphatic carbocycles. The van der Waals surface area contributed by atoms with Gasteiger partial charge in [-0.1, -0.05) is 24.3 Å². The van der Waals surface area contributed by atoms with Crippen molar-refractivity contribution in [2.45, 2.75) is 13.0 Å². The third-order valence-corrected chi connectivity index (χ3v) is 4.73. The van der Waals surface area contributed by atoms with Crippen LogP contribution in [0.2, 0.25) is 0 Å². The number of nitrogens with zero attached hydrogens (tertiary/aromatic N) is 2. The molecule has 0 saturated heterocycles. The fourth-order valence-corrected chi connectivity index (χ4v) is 3.14. The molecule has 2 aromatic heterocycles. The first kappa shape index (κ1) is 18.5. The first-order valence-corrected chi connectivity index (χ1v) is 9.07. The van der Waals surface area contributed by atoms with E-state index in [2.05, 4.69) is 10.3 Å². The highest BCUT2D eigenvalue weighted by Gasteiger charge is 2.18. The molecule has 0 bridgehead atoms. The molecule has 0 aliphatic rings. The van der Waals surface area contributed by atoms with Gasteiger partial charge >= 0.3 is 5.63 Å². The van der Waals surface area contributed by atoms with E-state index in [9.17, 15) is 9.59 Å². The van der Waals surface area contributed by atoms with Crippen LogP contribution in [0.1, 0.15) is 28.9 Å². The number of fused-ring (bicyclic) bond motifs is 1. The maximum atomic E-state index is 12.7. The monoisotopic (exact) mass is 389 g/mol. The number of amides is 1. The van der Waals surface area contributed by atoms with Gasteiger partial charge in [0.2, 0.25) is 0 Å². The van der Waals surface area contributed by atoms with Gasteiger partial charge in [0.15, 0.2) is 11.3 Å². The molecule has 1 N–H and O–H groups in total. The summed E-state index contributed by atoms with van der Waals surface area (Å²) in [6.45, 7) is 1.86. The molecule has 4 rings (SSSR count). The lowest BCUT2D eigenvalue weighted by atomic mass is 10.1. The smallest absolute Gasteiger partial charge is 0.349 e. The number of carbonyl (C=O) groups is 1. The van der Waals surface area contributed by atoms with Crippen LogP contribution in [0, 0.1) is 0 Å². The van der Waals surface area contributed by atoms with E-state index >= 15 is 0 Å². The number of aromatic nitrogens is 2. The van der Waals surface area contributed by atoms with Crippen LogP contribution in [0.3, 0.4) is 0 Å². The molecule has 0 fully saturated rings. The van der Waals surface area contributed by atoms with Crippen LogP contribution in [-0.4, -0.2) is 22.6 Å². The molecule has 4 aromatic rings. The Morgan fingerprint density at radius 1 is 1.21 bits per heavy atom. The molecule has 7 nitrogen and oxygen atoms in total. The molecule has 0 spiro atoms. The zero-order chi connectivity index (χ0) is 20.4. The molecule has 2 heterocycles. The van der Waals surface area contributed by atoms with Crippen LogP contribution in [0.15, 0.2) is 76.5 Å². The van der Waals surface area contributed by atoms with E-state index < -0.39 is 11.5 Å². The van der Waals surface area contributed by atoms with Crippen molar-refractivity contribution in [1.29, 1.82) is 0 Å². The maximum Gasteiger partial charge on any atom is 0.349 e. The van der Waals surface area contributed by atoms with E-state index in [1.807, 2.05) is 42.0 Å². The van der Waals surface area contributed by atoms with Crippen LogP contribution in [0.5, 0.6) is 5.75 Å². The molecule has 0 radical (unpaired) electrons. The Morgan fingerprint density at radius 3 is 2.69 bits per heavy atom. The number of methoxy groups -OCH3 is 1. The molecule has 1 atom stereocenters. The predicted molar refractivity (Wildman–Crippen MR) is 108 cm³/mol. The summed E-state index contributed by atoms with van der Waals surface area (Å²) >= 11 is 0. The van der Waals surface area contributed by atoms with Gasteiger partial charge in [-0.25, -0.2) is 9.78 Å². The summed E-state index contributed by atoms with van der Waals surface area (Å²) in [7, 11) is 1.50. The van der Waals surface area contributed by atoms with Gasteiger partial charge in [0.25, 0.3) is 5.91 Å². The predicted octanol–water partition coefficient (Wildman–Crippen LogP) is 3.48. The minimum Gasteiger partial charge on any atom is -0.493 e. The Balaban J connectivity index is 1.56. The summed E-state index contributed by atoms with van der Waals surface area (Å²) in [5.41, 5.74) is 1.44. The van der Waals surface area contributed by atoms with Gasteiger partial charge in [0, 0.05) is 23.5 Å². The zero-order valence-corrected chi connectivity index (χ0v) is 16.0. The van der Waals surface area contributed by atoms with E-state index in [0.717, 1.165) is 11.3 Å². The first-order valence-electron chi connectivity index (χ1n) is 9.07. The number of nitrogens with one attached hydrogen (secondary N) is 1. The number of hydrogen-bond donors (Lipinski definition) is 1. The van der Waals surface area contributed by atoms with E-state index in [1.54, 1.807) is 30.7 Å². The average molecular weight is 389 g/mol. The lowest BCUT2D eigenvalue weighted by Gasteiger charge is -2.15. The Bertz CT molecular complexity index is 1210. The van der Waals surface area contributed by atoms with Crippen molar-refractivity contribution in [2.24, 2.45) is 0 Å². The molecule has 7 heteroatoms. The third-order valence-electron chi connectivity index (χ3n) is 4.73. The van der Waals surface area contributed by atoms with E-state index in [0.29, 0.717) is 16.7 Å². The Hall–Kier alpha value is -3.87. The highest BCUT2D eigenvalue weighted by molar-refractivity contribution is 5.97. The van der Waals surface area contributed by atoms with Crippen molar-refractivity contribution < 1.29 is 13.9 Å². The van der Waals surface area contributed by atoms with Crippen molar-refractivity contribution in [1.82, 2.24) is 14.9 Å². The summed E-state index contributed by atoms with van der Waals surface area (Å²) in [4.78, 5) is 29.1. The zero-order valence-electron chi connectivity index (χ0n) is 16.0. The Morgan fingerprint density at radius 2 is 2.00 bits per heavy atom. The van der Waals surface area contributed by atoms with E-state index in [4.69, 9.17) is 9.15 Å². The number of benzene rings is 2. The molecule has 0 saturated carbocycles. The quantitative estimate of drug-likeness (QED) is 0.528. The standard InChI is InChI=1S/C22H19N3O4/c1-14(15-6-8-17(9-7-15)25-11-10-23-13-25)24-21(26)18-12-16-4-3-5-19(28-2)20(16)29-22(18)27/h3-14H,1-2H3,(H,24,26)/t14-/m1/s1. The van der Waals surface area contributed by atoms with Gasteiger partial charge in [-0.05, 0) is 36.8 Å². The molecule has 0 aliphatic heterocycles. The van der Waals surface area contributed by atoms with Crippen molar-refractivity contribution in [3.05, 3.63) is 88.8 Å². The van der Waals surface area contributed by atoms with Gasteiger partial charge in [-0.3, -0.25) is 4.79 Å². The molecular formula is C22H19N3O4. The van der Waals surface area contributed by atoms with Gasteiger partial charge < -0.3 is 19.0 Å². The summed E-state index contributed by atoms with van der Waals surface area (Å²) in [6, 6.07) is 14.2. The van der Waals surface area contributed by atoms with Crippen molar-refractivity contribution in [3.8, 4) is 11.4 Å². The van der Waals surface area contributed by atoms with Crippen LogP contribution < -0.4 is 15.7 Å². The fourth-order valence-electron chi connectivity index (χ4n) is 3.14. The number of para-hydroxylation sites is 1. The largest absolute Gasteiger partial charge is 0.493 e. The fraction of sp³-hybridized carbons (Fsp3) is 0.136. The molecule has 146 valence electrons. The maximum absolute atomic E-state index is 12.7. The molecule has 29 heavy (non-hydrogen) atoms. The lowest BCUT2D eigenvalue weighted by Crippen LogP contribution is -2.30. The summed E-state index contributed by atoms with van der Waals surface area (Å²) in [5, 5.41) is 3.47. The summed E-state index contributed by atoms with van der Waals surface area (Å²) in [5.74, 6) is -0.0486. The number of hydrogen-bond acceptors (Lipinski definition) is 5. The van der Waals surface area contributed by atoms with Crippen LogP contribution in [-0.2, 0) is 0 Å². The van der Waals surface area contributed by atoms with Crippen molar-refractivity contribution in [2.75, 3.05) is 7.11 Å². The SMILES string of the molecule is COc1cccc2cc(C(=O)N[C@H](C)c3ccc(-n4ccnc4)cc3)c(=O)oc12. The first-order chi connectivity index (χ1) is 14.1. The highest BCUT2D eigenvalue weighted by atomic mass is 16.5. The summed E-state index contributed by atoms with van der Waals surface area (Å²) < 4.78 is 12.4. The second-order valence-corrected chi connectivity index (χ2v) is 6.58. The number of imidazole rings is 1. The highest BCUT2D eigenvalue weighted by Crippen LogP contribution is 2.24. The van der Waals surface area contributed by atoms with Crippen LogP contribution in [0.4, 0.5) is 0 Å². The van der Waals surface area contributed by atoms with Crippen molar-refractivity contribution >= 4 is 16.9 Å². The minimum absolute atomic E-state index is 0.0485. The molecule has 0 unspecified atom stereocenters. The molecule has 1 amide bonds. The normalized spacial score (nSPS) is 11.9. The van der Waals surface area contributed by atoms with Crippen LogP contribution in [0.25, 0.3) is 16.7 Å². The van der Waals surface area contributed by atoms with Crippen LogP contribution >= 0.6 is 0 Å². The van der Waals surface area contributed by atoms with Gasteiger partial charge in [0.05, 0.1) is 19.5 Å². The number of ether oxygens (including phenoxy) is 1. The topological polar surface area (TPSA) is 86.4 Å². The second-order valence-electron chi connectivity index (χ2n) is 6.58. The number of rotatable bonds is 5. The Kier molecular flexibility index (Phi) is 4.87. The van der Waals surface area contributed by atoms with Gasteiger partial charge in [-0.15, -0.1) is 0 Å². The lowest BCUT2D eigenvalue weighted by molar-refractivity contribution is 0.0936. The third kappa shape index (κ3) is 3.62. The minimum atomic E-state index is -0.706. The molecular weight excluding hydrogens is 370 g/mol.